The van der Waals surface area contributed by atoms with Crippen LogP contribution in [0.5, 0.6) is 5.75 Å². The van der Waals surface area contributed by atoms with E-state index in [0.29, 0.717) is 0 Å². The molecule has 4 nitrogen and oxygen atoms in total. The average Bonchev–Trinajstić information content (AvgIpc) is 2.19. The molecule has 1 heterocycles. The van der Waals surface area contributed by atoms with Gasteiger partial charge in [0.1, 0.15) is 17.2 Å². The zero-order valence-electron chi connectivity index (χ0n) is 10.6. The van der Waals surface area contributed by atoms with Crippen LogP contribution in [-0.2, 0) is 10.4 Å². The normalized spacial score (nSPS) is 24.9. The SMILES string of the molecule is C[C@@H]1C[C@@](O)(CC(=O)O)c2cc(F)c(Cl)cc2O1.[Na]. The van der Waals surface area contributed by atoms with E-state index in [4.69, 9.17) is 21.4 Å². The maximum Gasteiger partial charge on any atom is 0.306 e. The summed E-state index contributed by atoms with van der Waals surface area (Å²) in [6, 6.07) is 2.29. The Bertz CT molecular complexity index is 511. The molecule has 0 saturated heterocycles. The first-order valence-electron chi connectivity index (χ1n) is 5.42. The fraction of sp³-hybridized carbons (Fsp3) is 0.417. The summed E-state index contributed by atoms with van der Waals surface area (Å²) in [6.07, 6.45) is -0.786. The molecule has 0 bridgehead atoms. The van der Waals surface area contributed by atoms with Gasteiger partial charge < -0.3 is 14.9 Å². The van der Waals surface area contributed by atoms with Gasteiger partial charge >= 0.3 is 5.97 Å². The Morgan fingerprint density at radius 2 is 2.26 bits per heavy atom. The molecule has 2 N–H and O–H groups in total. The Hall–Kier alpha value is -0.330. The van der Waals surface area contributed by atoms with Crippen molar-refractivity contribution in [2.24, 2.45) is 0 Å². The number of fused-ring (bicyclic) bond motifs is 1. The second-order valence-electron chi connectivity index (χ2n) is 4.50. The molecular weight excluding hydrogens is 286 g/mol. The van der Waals surface area contributed by atoms with Crippen LogP contribution in [0.3, 0.4) is 0 Å². The minimum atomic E-state index is -1.63. The molecule has 1 radical (unpaired) electrons. The zero-order chi connectivity index (χ0) is 13.5. The quantitative estimate of drug-likeness (QED) is 0.819. The molecule has 1 aromatic rings. The standard InChI is InChI=1S/C12H12ClFO4.Na/c1-6-4-12(17,5-11(15)16)7-2-9(14)8(13)3-10(7)18-6;/h2-3,6,17H,4-5H2,1H3,(H,15,16);/t6-,12-;/m1./s1. The van der Waals surface area contributed by atoms with E-state index in [0.717, 1.165) is 6.07 Å². The molecule has 19 heavy (non-hydrogen) atoms. The number of carboxylic acids is 1. The second-order valence-corrected chi connectivity index (χ2v) is 4.90. The van der Waals surface area contributed by atoms with Gasteiger partial charge in [0.2, 0.25) is 0 Å². The van der Waals surface area contributed by atoms with Crippen LogP contribution in [0.15, 0.2) is 12.1 Å². The molecule has 0 fully saturated rings. The molecule has 7 heteroatoms. The predicted octanol–water partition coefficient (Wildman–Crippen LogP) is 1.93. The van der Waals surface area contributed by atoms with Crippen LogP contribution in [-0.4, -0.2) is 51.8 Å². The number of aliphatic hydroxyl groups is 1. The number of halogens is 2. The molecule has 1 aliphatic rings. The number of hydrogen-bond acceptors (Lipinski definition) is 3. The van der Waals surface area contributed by atoms with Crippen molar-refractivity contribution >= 4 is 47.1 Å². The van der Waals surface area contributed by atoms with Gasteiger partial charge in [-0.2, -0.15) is 0 Å². The van der Waals surface area contributed by atoms with Crippen molar-refractivity contribution < 1.29 is 24.1 Å². The summed E-state index contributed by atoms with van der Waals surface area (Å²) in [5.41, 5.74) is -1.51. The number of ether oxygens (including phenoxy) is 1. The van der Waals surface area contributed by atoms with Crippen molar-refractivity contribution in [1.82, 2.24) is 0 Å². The molecule has 0 unspecified atom stereocenters. The fourth-order valence-electron chi connectivity index (χ4n) is 2.25. The minimum Gasteiger partial charge on any atom is -0.490 e. The molecular formula is C12H12ClFNaO4. The summed E-state index contributed by atoms with van der Waals surface area (Å²) >= 11 is 5.64. The number of hydrogen-bond donors (Lipinski definition) is 2. The zero-order valence-corrected chi connectivity index (χ0v) is 13.4. The number of carbonyl (C=O) groups is 1. The monoisotopic (exact) mass is 297 g/mol. The van der Waals surface area contributed by atoms with Crippen molar-refractivity contribution in [2.75, 3.05) is 0 Å². The Morgan fingerprint density at radius 3 is 2.84 bits per heavy atom. The van der Waals surface area contributed by atoms with Gasteiger partial charge in [0, 0.05) is 47.6 Å². The first-order chi connectivity index (χ1) is 8.32. The molecule has 0 aliphatic carbocycles. The summed E-state index contributed by atoms with van der Waals surface area (Å²) < 4.78 is 18.9. The van der Waals surface area contributed by atoms with E-state index in [2.05, 4.69) is 0 Å². The fourth-order valence-corrected chi connectivity index (χ4v) is 2.40. The van der Waals surface area contributed by atoms with E-state index in [1.807, 2.05) is 0 Å². The topological polar surface area (TPSA) is 66.8 Å². The van der Waals surface area contributed by atoms with Crippen LogP contribution in [0.25, 0.3) is 0 Å². The third-order valence-corrected chi connectivity index (χ3v) is 3.21. The van der Waals surface area contributed by atoms with Crippen LogP contribution in [0.2, 0.25) is 5.02 Å². The largest absolute Gasteiger partial charge is 0.490 e. The van der Waals surface area contributed by atoms with Crippen LogP contribution in [0, 0.1) is 5.82 Å². The van der Waals surface area contributed by atoms with Crippen molar-refractivity contribution in [3.05, 3.63) is 28.5 Å². The summed E-state index contributed by atoms with van der Waals surface area (Å²) in [5, 5.41) is 19.1. The van der Waals surface area contributed by atoms with Crippen molar-refractivity contribution in [3.63, 3.8) is 0 Å². The van der Waals surface area contributed by atoms with Crippen LogP contribution >= 0.6 is 11.6 Å². The van der Waals surface area contributed by atoms with Gasteiger partial charge in [-0.3, -0.25) is 4.79 Å². The molecule has 1 aliphatic heterocycles. The molecule has 0 spiro atoms. The summed E-state index contributed by atoms with van der Waals surface area (Å²) in [5.74, 6) is -1.64. The predicted molar refractivity (Wildman–Crippen MR) is 68.0 cm³/mol. The number of aliphatic carboxylic acids is 1. The van der Waals surface area contributed by atoms with E-state index in [-0.39, 0.29) is 58.4 Å². The number of rotatable bonds is 2. The van der Waals surface area contributed by atoms with Gasteiger partial charge in [-0.05, 0) is 13.0 Å². The summed E-state index contributed by atoms with van der Waals surface area (Å²) in [4.78, 5) is 10.8. The molecule has 2 rings (SSSR count). The molecule has 0 saturated carbocycles. The first-order valence-corrected chi connectivity index (χ1v) is 5.80. The third-order valence-electron chi connectivity index (χ3n) is 2.92. The van der Waals surface area contributed by atoms with Gasteiger partial charge in [0.25, 0.3) is 0 Å². The Balaban J connectivity index is 0.00000180. The van der Waals surface area contributed by atoms with Crippen molar-refractivity contribution in [1.29, 1.82) is 0 Å². The van der Waals surface area contributed by atoms with Crippen molar-refractivity contribution in [2.45, 2.75) is 31.5 Å². The molecule has 1 aromatic carbocycles. The third kappa shape index (κ3) is 3.41. The van der Waals surface area contributed by atoms with Gasteiger partial charge in [-0.1, -0.05) is 11.6 Å². The smallest absolute Gasteiger partial charge is 0.306 e. The molecule has 0 aromatic heterocycles. The Morgan fingerprint density at radius 1 is 1.63 bits per heavy atom. The minimum absolute atomic E-state index is 0. The summed E-state index contributed by atoms with van der Waals surface area (Å²) in [7, 11) is 0. The van der Waals surface area contributed by atoms with Crippen LogP contribution in [0.4, 0.5) is 4.39 Å². The van der Waals surface area contributed by atoms with E-state index in [1.54, 1.807) is 6.92 Å². The maximum absolute atomic E-state index is 13.4. The first kappa shape index (κ1) is 16.7. The Kier molecular flexibility index (Phi) is 5.26. The van der Waals surface area contributed by atoms with Gasteiger partial charge in [-0.25, -0.2) is 4.39 Å². The number of benzene rings is 1. The van der Waals surface area contributed by atoms with E-state index >= 15 is 0 Å². The molecule has 0 amide bonds. The average molecular weight is 298 g/mol. The molecule has 99 valence electrons. The maximum atomic E-state index is 13.4. The van der Waals surface area contributed by atoms with Crippen LogP contribution < -0.4 is 4.74 Å². The Labute approximate surface area is 136 Å². The van der Waals surface area contributed by atoms with Crippen LogP contribution in [0.1, 0.15) is 25.3 Å². The second kappa shape index (κ2) is 5.97. The van der Waals surface area contributed by atoms with Gasteiger partial charge in [0.15, 0.2) is 0 Å². The molecule has 2 atom stereocenters. The van der Waals surface area contributed by atoms with E-state index in [1.165, 1.54) is 6.07 Å². The van der Waals surface area contributed by atoms with Gasteiger partial charge in [-0.15, -0.1) is 0 Å². The summed E-state index contributed by atoms with van der Waals surface area (Å²) in [6.45, 7) is 1.70. The van der Waals surface area contributed by atoms with Crippen molar-refractivity contribution in [3.8, 4) is 5.75 Å². The van der Waals surface area contributed by atoms with E-state index < -0.39 is 23.8 Å². The van der Waals surface area contributed by atoms with Gasteiger partial charge in [0.05, 0.1) is 17.5 Å². The van der Waals surface area contributed by atoms with E-state index in [9.17, 15) is 14.3 Å². The number of carboxylic acid groups (broad SMARTS) is 1.